The molecule has 2 aromatic carbocycles. The summed E-state index contributed by atoms with van der Waals surface area (Å²) in [7, 11) is 0. The number of amides is 1. The van der Waals surface area contributed by atoms with Gasteiger partial charge in [0.25, 0.3) is 0 Å². The summed E-state index contributed by atoms with van der Waals surface area (Å²) in [5.74, 6) is -1.06. The van der Waals surface area contributed by atoms with Crippen molar-refractivity contribution in [3.8, 4) is 0 Å². The number of nitrogens with one attached hydrogen (secondary N) is 1. The van der Waals surface area contributed by atoms with Crippen LogP contribution in [0.3, 0.4) is 0 Å². The van der Waals surface area contributed by atoms with E-state index in [1.807, 2.05) is 0 Å². The Morgan fingerprint density at radius 1 is 1.00 bits per heavy atom. The van der Waals surface area contributed by atoms with Crippen LogP contribution in [0.5, 0.6) is 0 Å². The van der Waals surface area contributed by atoms with Crippen molar-refractivity contribution in [2.24, 2.45) is 0 Å². The number of aryl methyl sites for hydroxylation is 1. The van der Waals surface area contributed by atoms with Crippen molar-refractivity contribution in [3.05, 3.63) is 70.0 Å². The number of hydrogen-bond donors (Lipinski definition) is 1. The monoisotopic (exact) mass is 588 g/mol. The summed E-state index contributed by atoms with van der Waals surface area (Å²) in [6, 6.07) is 5.14. The van der Waals surface area contributed by atoms with Crippen molar-refractivity contribution in [1.29, 1.82) is 0 Å². The quantitative estimate of drug-likeness (QED) is 0.412. The second kappa shape index (κ2) is 11.2. The van der Waals surface area contributed by atoms with E-state index < -0.39 is 47.4 Å². The van der Waals surface area contributed by atoms with Crippen LogP contribution in [0.2, 0.25) is 0 Å². The molecule has 3 fully saturated rings. The van der Waals surface area contributed by atoms with Crippen LogP contribution in [0.15, 0.2) is 36.4 Å². The zero-order valence-electron chi connectivity index (χ0n) is 22.5. The van der Waals surface area contributed by atoms with Gasteiger partial charge in [0, 0.05) is 44.2 Å². The Labute approximate surface area is 233 Å². The van der Waals surface area contributed by atoms with E-state index in [1.165, 1.54) is 19.1 Å². The average Bonchev–Trinajstić information content (AvgIpc) is 3.40. The van der Waals surface area contributed by atoms with Gasteiger partial charge < -0.3 is 19.7 Å². The zero-order valence-corrected chi connectivity index (χ0v) is 22.5. The normalized spacial score (nSPS) is 26.5. The SMILES string of the molecule is Cc1cc(F)ccc1[C@@H]1[C@@H](O[C@H](C)c2cc(C(F)(F)F)cc(C(F)(F)F)c2)CN2C(=O)CC(NC3CCOCC3)[C@@H]12. The number of carbonyl (C=O) groups is 1. The van der Waals surface area contributed by atoms with Gasteiger partial charge in [-0.15, -0.1) is 0 Å². The van der Waals surface area contributed by atoms with E-state index in [4.69, 9.17) is 9.47 Å². The fourth-order valence-corrected chi connectivity index (χ4v) is 6.41. The van der Waals surface area contributed by atoms with Crippen LogP contribution in [0.25, 0.3) is 0 Å². The van der Waals surface area contributed by atoms with Crippen LogP contribution in [0.1, 0.15) is 66.0 Å². The first-order chi connectivity index (χ1) is 19.2. The largest absolute Gasteiger partial charge is 0.416 e. The Hall–Kier alpha value is -2.70. The minimum absolute atomic E-state index is 0.0812. The molecule has 2 aromatic rings. The molecule has 5 atom stereocenters. The number of alkyl halides is 6. The number of carbonyl (C=O) groups excluding carboxylic acids is 1. The van der Waals surface area contributed by atoms with Gasteiger partial charge in [0.15, 0.2) is 0 Å². The zero-order chi connectivity index (χ0) is 29.7. The molecule has 3 aliphatic heterocycles. The van der Waals surface area contributed by atoms with E-state index in [0.717, 1.165) is 12.8 Å². The third-order valence-corrected chi connectivity index (χ3v) is 8.35. The summed E-state index contributed by atoms with van der Waals surface area (Å²) < 4.78 is 107. The lowest BCUT2D eigenvalue weighted by atomic mass is 9.83. The van der Waals surface area contributed by atoms with E-state index in [2.05, 4.69) is 5.32 Å². The van der Waals surface area contributed by atoms with Gasteiger partial charge in [-0.05, 0) is 73.7 Å². The van der Waals surface area contributed by atoms with E-state index in [-0.39, 0.29) is 48.6 Å². The van der Waals surface area contributed by atoms with Crippen molar-refractivity contribution >= 4 is 5.91 Å². The molecule has 1 unspecified atom stereocenters. The molecule has 3 saturated heterocycles. The second-order valence-electron chi connectivity index (χ2n) is 11.1. The van der Waals surface area contributed by atoms with Crippen LogP contribution < -0.4 is 5.32 Å². The molecule has 224 valence electrons. The smallest absolute Gasteiger partial charge is 0.381 e. The lowest BCUT2D eigenvalue weighted by Crippen LogP contribution is -2.48. The Bertz CT molecular complexity index is 1240. The number of hydrogen-bond acceptors (Lipinski definition) is 4. The molecule has 5 rings (SSSR count). The first kappa shape index (κ1) is 29.8. The second-order valence-corrected chi connectivity index (χ2v) is 11.1. The van der Waals surface area contributed by atoms with Crippen LogP contribution in [-0.4, -0.2) is 54.8 Å². The Morgan fingerprint density at radius 3 is 2.22 bits per heavy atom. The lowest BCUT2D eigenvalue weighted by Gasteiger charge is -2.34. The molecule has 5 nitrogen and oxygen atoms in total. The highest BCUT2D eigenvalue weighted by molar-refractivity contribution is 5.81. The molecular weight excluding hydrogens is 557 g/mol. The van der Waals surface area contributed by atoms with Crippen LogP contribution in [0, 0.1) is 12.7 Å². The average molecular weight is 589 g/mol. The number of fused-ring (bicyclic) bond motifs is 1. The number of halogens is 7. The maximum Gasteiger partial charge on any atom is 0.416 e. The topological polar surface area (TPSA) is 50.8 Å². The highest BCUT2D eigenvalue weighted by atomic mass is 19.4. The lowest BCUT2D eigenvalue weighted by molar-refractivity contribution is -0.143. The number of rotatable bonds is 6. The van der Waals surface area contributed by atoms with E-state index in [9.17, 15) is 35.5 Å². The molecule has 0 aromatic heterocycles. The molecule has 41 heavy (non-hydrogen) atoms. The molecular formula is C29H31F7N2O3. The minimum Gasteiger partial charge on any atom is -0.381 e. The molecule has 0 radical (unpaired) electrons. The summed E-state index contributed by atoms with van der Waals surface area (Å²) in [4.78, 5) is 14.8. The van der Waals surface area contributed by atoms with Crippen molar-refractivity contribution in [3.63, 3.8) is 0 Å². The highest BCUT2D eigenvalue weighted by Gasteiger charge is 2.54. The molecule has 3 heterocycles. The summed E-state index contributed by atoms with van der Waals surface area (Å²) in [6.07, 6.45) is -10.1. The predicted molar refractivity (Wildman–Crippen MR) is 134 cm³/mol. The summed E-state index contributed by atoms with van der Waals surface area (Å²) in [5.41, 5.74) is -1.81. The third-order valence-electron chi connectivity index (χ3n) is 8.35. The minimum atomic E-state index is -4.99. The first-order valence-electron chi connectivity index (χ1n) is 13.6. The number of benzene rings is 2. The van der Waals surface area contributed by atoms with Gasteiger partial charge in [-0.25, -0.2) is 4.39 Å². The van der Waals surface area contributed by atoms with Crippen LogP contribution >= 0.6 is 0 Å². The fraction of sp³-hybridized carbons (Fsp3) is 0.552. The van der Waals surface area contributed by atoms with E-state index in [1.54, 1.807) is 17.9 Å². The van der Waals surface area contributed by atoms with E-state index in [0.29, 0.717) is 36.5 Å². The van der Waals surface area contributed by atoms with Gasteiger partial charge >= 0.3 is 12.4 Å². The number of nitrogens with zero attached hydrogens (tertiary/aromatic N) is 1. The first-order valence-corrected chi connectivity index (χ1v) is 13.6. The Balaban J connectivity index is 1.49. The summed E-state index contributed by atoms with van der Waals surface area (Å²) in [6.45, 7) is 4.40. The summed E-state index contributed by atoms with van der Waals surface area (Å²) >= 11 is 0. The van der Waals surface area contributed by atoms with Gasteiger partial charge in [-0.2, -0.15) is 26.3 Å². The maximum atomic E-state index is 14.0. The number of ether oxygens (including phenoxy) is 2. The van der Waals surface area contributed by atoms with Crippen molar-refractivity contribution < 1.29 is 45.0 Å². The van der Waals surface area contributed by atoms with Gasteiger partial charge in [0.1, 0.15) is 5.82 Å². The van der Waals surface area contributed by atoms with Crippen LogP contribution in [0.4, 0.5) is 30.7 Å². The van der Waals surface area contributed by atoms with Gasteiger partial charge in [-0.1, -0.05) is 6.07 Å². The van der Waals surface area contributed by atoms with Gasteiger partial charge in [-0.3, -0.25) is 4.79 Å². The maximum absolute atomic E-state index is 14.0. The molecule has 0 bridgehead atoms. The van der Waals surface area contributed by atoms with Crippen molar-refractivity contribution in [1.82, 2.24) is 10.2 Å². The molecule has 0 spiro atoms. The molecule has 12 heteroatoms. The van der Waals surface area contributed by atoms with Crippen LogP contribution in [-0.2, 0) is 26.6 Å². The van der Waals surface area contributed by atoms with Crippen molar-refractivity contribution in [2.75, 3.05) is 19.8 Å². The predicted octanol–water partition coefficient (Wildman–Crippen LogP) is 6.15. The highest BCUT2D eigenvalue weighted by Crippen LogP contribution is 2.45. The standard InChI is InChI=1S/C29H31F7N2O3/c1-15-9-20(30)3-4-22(15)26-24(14-38-25(39)13-23(27(26)38)37-21-5-7-40-8-6-21)41-16(2)17-10-18(28(31,32)33)12-19(11-17)29(34,35)36/h3-4,9-12,16,21,23-24,26-27,37H,5-8,13-14H2,1-2H3/t16-,23?,24+,26-,27+/m1/s1. The molecule has 0 saturated carbocycles. The molecule has 3 aliphatic rings. The summed E-state index contributed by atoms with van der Waals surface area (Å²) in [5, 5.41) is 3.58. The Morgan fingerprint density at radius 2 is 1.63 bits per heavy atom. The molecule has 1 amide bonds. The van der Waals surface area contributed by atoms with Gasteiger partial charge in [0.05, 0.1) is 29.4 Å². The molecule has 0 aliphatic carbocycles. The van der Waals surface area contributed by atoms with E-state index >= 15 is 0 Å². The fourth-order valence-electron chi connectivity index (χ4n) is 6.41. The van der Waals surface area contributed by atoms with Gasteiger partial charge in [0.2, 0.25) is 5.91 Å². The Kier molecular flexibility index (Phi) is 8.12. The molecule has 1 N–H and O–H groups in total. The third kappa shape index (κ3) is 6.24. The van der Waals surface area contributed by atoms with Crippen molar-refractivity contribution in [2.45, 2.75) is 81.7 Å².